The molecule has 0 aromatic carbocycles. The largest absolute Gasteiger partial charge is 0.459 e. The van der Waals surface area contributed by atoms with Crippen LogP contribution in [0.3, 0.4) is 0 Å². The third-order valence-electron chi connectivity index (χ3n) is 9.00. The van der Waals surface area contributed by atoms with Gasteiger partial charge >= 0.3 is 17.9 Å². The highest BCUT2D eigenvalue weighted by molar-refractivity contribution is 5.94. The molecule has 0 bridgehead atoms. The topological polar surface area (TPSA) is 149 Å². The van der Waals surface area contributed by atoms with E-state index in [0.717, 1.165) is 0 Å². The molecule has 2 saturated carbocycles. The van der Waals surface area contributed by atoms with Crippen LogP contribution in [0.4, 0.5) is 0 Å². The molecule has 0 radical (unpaired) electrons. The maximum atomic E-state index is 13.4. The normalized spacial score (nSPS) is 60.1. The summed E-state index contributed by atoms with van der Waals surface area (Å²) in [5, 5.41) is 34.7. The van der Waals surface area contributed by atoms with Crippen LogP contribution < -0.4 is 0 Å². The quantitative estimate of drug-likeness (QED) is 0.314. The number of ether oxygens (including phenoxy) is 4. The second-order valence-electron chi connectivity index (χ2n) is 10.7. The van der Waals surface area contributed by atoms with Crippen LogP contribution >= 0.6 is 0 Å². The molecule has 3 N–H and O–H groups in total. The molecule has 4 aliphatic heterocycles. The fourth-order valence-corrected chi connectivity index (χ4v) is 8.12. The van der Waals surface area contributed by atoms with Crippen molar-refractivity contribution >= 4 is 17.9 Å². The van der Waals surface area contributed by atoms with E-state index in [9.17, 15) is 29.7 Å². The zero-order valence-electron chi connectivity index (χ0n) is 16.9. The fraction of sp³-hybridized carbons (Fsp3) is 0.850. The second-order valence-corrected chi connectivity index (χ2v) is 10.7. The van der Waals surface area contributed by atoms with Crippen LogP contribution in [0, 0.1) is 28.1 Å². The Hall–Kier alpha value is -1.75. The molecule has 6 fully saturated rings. The minimum absolute atomic E-state index is 0.229. The predicted octanol–water partition coefficient (Wildman–Crippen LogP) is -1.37. The van der Waals surface area contributed by atoms with Crippen LogP contribution in [-0.4, -0.2) is 75.1 Å². The van der Waals surface area contributed by atoms with E-state index in [4.69, 9.17) is 18.9 Å². The summed E-state index contributed by atoms with van der Waals surface area (Å²) in [7, 11) is 0. The fourth-order valence-electron chi connectivity index (χ4n) is 8.12. The highest BCUT2D eigenvalue weighted by Gasteiger charge is 3.03. The summed E-state index contributed by atoms with van der Waals surface area (Å²) in [6.45, 7) is 7.14. The van der Waals surface area contributed by atoms with Crippen molar-refractivity contribution in [3.63, 3.8) is 0 Å². The van der Waals surface area contributed by atoms with Gasteiger partial charge in [0.15, 0.2) is 17.8 Å². The van der Waals surface area contributed by atoms with Crippen molar-refractivity contribution in [2.24, 2.45) is 28.1 Å². The van der Waals surface area contributed by atoms with Crippen LogP contribution in [0.15, 0.2) is 0 Å². The number of carbonyl (C=O) groups is 3. The number of hydrogen-bond acceptors (Lipinski definition) is 10. The summed E-state index contributed by atoms with van der Waals surface area (Å²) in [5.41, 5.74) is -8.26. The van der Waals surface area contributed by atoms with Gasteiger partial charge in [-0.2, -0.15) is 0 Å². The van der Waals surface area contributed by atoms with Gasteiger partial charge in [0.2, 0.25) is 11.9 Å². The summed E-state index contributed by atoms with van der Waals surface area (Å²) in [5.74, 6) is -4.32. The van der Waals surface area contributed by atoms with E-state index in [1.54, 1.807) is 0 Å². The number of carbonyl (C=O) groups excluding carboxylic acids is 3. The Bertz CT molecular complexity index is 925. The second kappa shape index (κ2) is 4.69. The third kappa shape index (κ3) is 1.33. The first-order valence-electron chi connectivity index (χ1n) is 10.2. The standard InChI is InChI=1S/C20H24O10/c1-6-12(23)28-11-9(21)18-8-5-7(16(2,3)4)17(18)10(22)13(24)29-15(17)30-20(18,14(25)27-8)19(6,11)26/h6-11,15,21-22,26H,5H2,1-4H3/t6-,7?,8-,9-,10+,11+,15+,17+,18+,19-,20-/m0/s1. The summed E-state index contributed by atoms with van der Waals surface area (Å²) in [4.78, 5) is 38.2. The van der Waals surface area contributed by atoms with Gasteiger partial charge in [0.25, 0.3) is 0 Å². The SMILES string of the molecule is C[C@H]1C(=O)O[C@@H]2[C@H](O)[C@]34[C@@H]5CC(C(C)(C)C)[C@@]36[C@H](OC(=O)[C@H]6O)O[C@]4(C(=O)O5)[C@@]21O. The zero-order valence-corrected chi connectivity index (χ0v) is 16.9. The van der Waals surface area contributed by atoms with Gasteiger partial charge in [0.1, 0.15) is 12.2 Å². The smallest absolute Gasteiger partial charge is 0.343 e. The van der Waals surface area contributed by atoms with Crippen LogP contribution in [0.5, 0.6) is 0 Å². The van der Waals surface area contributed by atoms with Gasteiger partial charge in [-0.1, -0.05) is 20.8 Å². The van der Waals surface area contributed by atoms with Crippen molar-refractivity contribution in [2.75, 3.05) is 0 Å². The Balaban J connectivity index is 1.72. The lowest BCUT2D eigenvalue weighted by Crippen LogP contribution is -2.67. The van der Waals surface area contributed by atoms with Crippen molar-refractivity contribution in [2.45, 2.75) is 76.0 Å². The highest BCUT2D eigenvalue weighted by Crippen LogP contribution is 2.84. The Morgan fingerprint density at radius 3 is 2.33 bits per heavy atom. The maximum absolute atomic E-state index is 13.4. The molecule has 2 spiro atoms. The molecule has 4 heterocycles. The van der Waals surface area contributed by atoms with Gasteiger partial charge in [0.05, 0.1) is 16.7 Å². The average Bonchev–Trinajstić information content (AvgIpc) is 3.35. The molecular weight excluding hydrogens is 400 g/mol. The lowest BCUT2D eigenvalue weighted by molar-refractivity contribution is -0.239. The van der Waals surface area contributed by atoms with Crippen LogP contribution in [0.25, 0.3) is 0 Å². The minimum atomic E-state index is -2.24. The van der Waals surface area contributed by atoms with Gasteiger partial charge < -0.3 is 34.3 Å². The average molecular weight is 424 g/mol. The van der Waals surface area contributed by atoms with Crippen LogP contribution in [0.2, 0.25) is 0 Å². The van der Waals surface area contributed by atoms with Gasteiger partial charge in [-0.25, -0.2) is 9.59 Å². The van der Waals surface area contributed by atoms with E-state index in [1.165, 1.54) is 6.92 Å². The molecule has 0 aromatic rings. The molecule has 10 heteroatoms. The molecule has 30 heavy (non-hydrogen) atoms. The third-order valence-corrected chi connectivity index (χ3v) is 9.00. The molecule has 0 amide bonds. The van der Waals surface area contributed by atoms with E-state index < -0.39 is 87.9 Å². The lowest BCUT2D eigenvalue weighted by Gasteiger charge is -2.47. The zero-order chi connectivity index (χ0) is 21.8. The van der Waals surface area contributed by atoms with Crippen molar-refractivity contribution < 1.29 is 48.7 Å². The molecule has 4 saturated heterocycles. The molecule has 10 nitrogen and oxygen atoms in total. The number of rotatable bonds is 0. The van der Waals surface area contributed by atoms with Gasteiger partial charge in [-0.05, 0) is 24.7 Å². The Morgan fingerprint density at radius 2 is 1.70 bits per heavy atom. The van der Waals surface area contributed by atoms with Crippen molar-refractivity contribution in [1.29, 1.82) is 0 Å². The molecule has 6 rings (SSSR count). The van der Waals surface area contributed by atoms with Crippen LogP contribution in [-0.2, 0) is 33.3 Å². The summed E-state index contributed by atoms with van der Waals surface area (Å²) < 4.78 is 22.5. The minimum Gasteiger partial charge on any atom is -0.459 e. The van der Waals surface area contributed by atoms with E-state index in [-0.39, 0.29) is 6.42 Å². The first kappa shape index (κ1) is 19.0. The first-order chi connectivity index (χ1) is 13.8. The predicted molar refractivity (Wildman–Crippen MR) is 92.0 cm³/mol. The van der Waals surface area contributed by atoms with E-state index >= 15 is 0 Å². The summed E-state index contributed by atoms with van der Waals surface area (Å²) >= 11 is 0. The molecule has 0 aromatic heterocycles. The van der Waals surface area contributed by atoms with Crippen molar-refractivity contribution in [3.8, 4) is 0 Å². The van der Waals surface area contributed by atoms with Crippen molar-refractivity contribution in [3.05, 3.63) is 0 Å². The molecule has 11 atom stereocenters. The lowest BCUT2D eigenvalue weighted by atomic mass is 9.51. The number of aliphatic hydroxyl groups is 3. The molecule has 6 aliphatic rings. The summed E-state index contributed by atoms with van der Waals surface area (Å²) in [6, 6.07) is 0. The monoisotopic (exact) mass is 424 g/mol. The van der Waals surface area contributed by atoms with E-state index in [2.05, 4.69) is 0 Å². The summed E-state index contributed by atoms with van der Waals surface area (Å²) in [6.07, 6.45) is -6.91. The Kier molecular flexibility index (Phi) is 2.97. The van der Waals surface area contributed by atoms with Gasteiger partial charge in [-0.15, -0.1) is 0 Å². The number of hydrogen-bond donors (Lipinski definition) is 3. The number of esters is 3. The molecular formula is C20H24O10. The van der Waals surface area contributed by atoms with E-state index in [0.29, 0.717) is 0 Å². The number of aliphatic hydroxyl groups excluding tert-OH is 2. The van der Waals surface area contributed by atoms with Gasteiger partial charge in [0, 0.05) is 0 Å². The Morgan fingerprint density at radius 1 is 1.03 bits per heavy atom. The van der Waals surface area contributed by atoms with E-state index in [1.807, 2.05) is 20.8 Å². The number of fused-ring (bicyclic) bond motifs is 1. The molecule has 1 unspecified atom stereocenters. The van der Waals surface area contributed by atoms with Crippen molar-refractivity contribution in [1.82, 2.24) is 0 Å². The molecule has 164 valence electrons. The maximum Gasteiger partial charge on any atom is 0.343 e. The highest BCUT2D eigenvalue weighted by atomic mass is 16.8. The molecule has 2 aliphatic carbocycles. The Labute approximate surface area is 171 Å². The van der Waals surface area contributed by atoms with Gasteiger partial charge in [-0.3, -0.25) is 4.79 Å². The first-order valence-corrected chi connectivity index (χ1v) is 10.2. The van der Waals surface area contributed by atoms with Crippen LogP contribution in [0.1, 0.15) is 34.1 Å².